The topological polar surface area (TPSA) is 26.0 Å². The van der Waals surface area contributed by atoms with E-state index in [0.29, 0.717) is 6.04 Å². The molecule has 1 aromatic rings. The molecular formula is C13H17BrFN. The highest BCUT2D eigenvalue weighted by Gasteiger charge is 2.33. The van der Waals surface area contributed by atoms with Crippen molar-refractivity contribution in [3.8, 4) is 0 Å². The lowest BCUT2D eigenvalue weighted by molar-refractivity contribution is 0.329. The van der Waals surface area contributed by atoms with Gasteiger partial charge in [-0.05, 0) is 54.9 Å². The van der Waals surface area contributed by atoms with Gasteiger partial charge in [0.1, 0.15) is 5.82 Å². The van der Waals surface area contributed by atoms with E-state index in [4.69, 9.17) is 5.73 Å². The van der Waals surface area contributed by atoms with E-state index in [1.165, 1.54) is 6.07 Å². The van der Waals surface area contributed by atoms with Gasteiger partial charge in [0.05, 0.1) is 0 Å². The summed E-state index contributed by atoms with van der Waals surface area (Å²) in [6.45, 7) is 2.25. The van der Waals surface area contributed by atoms with Crippen LogP contribution in [0.25, 0.3) is 0 Å². The lowest BCUT2D eigenvalue weighted by atomic mass is 9.82. The highest BCUT2D eigenvalue weighted by Crippen LogP contribution is 2.40. The summed E-state index contributed by atoms with van der Waals surface area (Å²) in [6, 6.07) is 5.44. The highest BCUT2D eigenvalue weighted by molar-refractivity contribution is 9.10. The Labute approximate surface area is 104 Å². The predicted octanol–water partition coefficient (Wildman–Crippen LogP) is 3.65. The van der Waals surface area contributed by atoms with E-state index in [9.17, 15) is 4.39 Å². The van der Waals surface area contributed by atoms with Crippen molar-refractivity contribution < 1.29 is 4.39 Å². The van der Waals surface area contributed by atoms with Gasteiger partial charge in [-0.2, -0.15) is 0 Å². The third kappa shape index (κ3) is 2.83. The van der Waals surface area contributed by atoms with Crippen molar-refractivity contribution in [1.29, 1.82) is 0 Å². The first-order chi connectivity index (χ1) is 7.47. The maximum atomic E-state index is 13.2. The van der Waals surface area contributed by atoms with Crippen molar-refractivity contribution in [1.82, 2.24) is 0 Å². The summed E-state index contributed by atoms with van der Waals surface area (Å²) < 4.78 is 14.1. The first-order valence-corrected chi connectivity index (χ1v) is 6.47. The number of halogens is 2. The summed E-state index contributed by atoms with van der Waals surface area (Å²) in [6.07, 6.45) is 4.19. The Balaban J connectivity index is 2.14. The first-order valence-electron chi connectivity index (χ1n) is 5.67. The van der Waals surface area contributed by atoms with Crippen LogP contribution in [-0.4, -0.2) is 6.04 Å². The maximum absolute atomic E-state index is 13.2. The molecule has 0 saturated heterocycles. The van der Waals surface area contributed by atoms with E-state index in [1.807, 2.05) is 6.07 Å². The van der Waals surface area contributed by atoms with E-state index in [-0.39, 0.29) is 11.2 Å². The molecule has 2 rings (SSSR count). The Morgan fingerprint density at radius 1 is 1.50 bits per heavy atom. The average Bonchev–Trinajstić information content (AvgIpc) is 2.43. The fourth-order valence-corrected chi connectivity index (χ4v) is 3.25. The van der Waals surface area contributed by atoms with Crippen molar-refractivity contribution in [3.63, 3.8) is 0 Å². The van der Waals surface area contributed by atoms with Crippen LogP contribution in [0.3, 0.4) is 0 Å². The quantitative estimate of drug-likeness (QED) is 0.882. The van der Waals surface area contributed by atoms with E-state index in [0.717, 1.165) is 35.7 Å². The number of hydrogen-bond donors (Lipinski definition) is 1. The average molecular weight is 286 g/mol. The molecule has 0 amide bonds. The fraction of sp³-hybridized carbons (Fsp3) is 0.538. The molecular weight excluding hydrogens is 269 g/mol. The van der Waals surface area contributed by atoms with Gasteiger partial charge in [-0.15, -0.1) is 0 Å². The fourth-order valence-electron chi connectivity index (χ4n) is 2.74. The summed E-state index contributed by atoms with van der Waals surface area (Å²) in [7, 11) is 0. The minimum absolute atomic E-state index is 0.171. The lowest BCUT2D eigenvalue weighted by Crippen LogP contribution is -2.21. The van der Waals surface area contributed by atoms with Gasteiger partial charge in [-0.1, -0.05) is 22.9 Å². The zero-order chi connectivity index (χ0) is 11.8. The molecule has 1 aliphatic carbocycles. The second kappa shape index (κ2) is 4.46. The van der Waals surface area contributed by atoms with Crippen molar-refractivity contribution in [2.24, 2.45) is 11.1 Å². The Morgan fingerprint density at radius 2 is 2.25 bits per heavy atom. The standard InChI is InChI=1S/C13H17BrFN/c1-13(3-2-12(16)8-13)7-9-4-10(14)6-11(15)5-9/h4-6,12H,2-3,7-8,16H2,1H3. The third-order valence-electron chi connectivity index (χ3n) is 3.43. The van der Waals surface area contributed by atoms with E-state index in [2.05, 4.69) is 22.9 Å². The smallest absolute Gasteiger partial charge is 0.124 e. The molecule has 2 atom stereocenters. The molecule has 1 nitrogen and oxygen atoms in total. The molecule has 0 spiro atoms. The van der Waals surface area contributed by atoms with Crippen LogP contribution in [0.15, 0.2) is 22.7 Å². The molecule has 3 heteroatoms. The van der Waals surface area contributed by atoms with Crippen LogP contribution < -0.4 is 5.73 Å². The lowest BCUT2D eigenvalue weighted by Gasteiger charge is -2.24. The molecule has 1 aliphatic rings. The second-order valence-electron chi connectivity index (χ2n) is 5.27. The van der Waals surface area contributed by atoms with Gasteiger partial charge in [-0.3, -0.25) is 0 Å². The molecule has 1 fully saturated rings. The van der Waals surface area contributed by atoms with Crippen LogP contribution in [0.1, 0.15) is 31.7 Å². The summed E-state index contributed by atoms with van der Waals surface area (Å²) in [5.41, 5.74) is 7.24. The van der Waals surface area contributed by atoms with Crippen LogP contribution in [0.4, 0.5) is 4.39 Å². The van der Waals surface area contributed by atoms with Gasteiger partial charge in [-0.25, -0.2) is 4.39 Å². The SMILES string of the molecule is CC1(Cc2cc(F)cc(Br)c2)CCC(N)C1. The molecule has 1 saturated carbocycles. The Bertz CT molecular complexity index is 373. The maximum Gasteiger partial charge on any atom is 0.124 e. The Kier molecular flexibility index (Phi) is 3.36. The van der Waals surface area contributed by atoms with Crippen LogP contribution in [0.5, 0.6) is 0 Å². The van der Waals surface area contributed by atoms with Gasteiger partial charge >= 0.3 is 0 Å². The zero-order valence-corrected chi connectivity index (χ0v) is 11.1. The molecule has 0 radical (unpaired) electrons. The zero-order valence-electron chi connectivity index (χ0n) is 9.47. The second-order valence-corrected chi connectivity index (χ2v) is 6.18. The normalized spacial score (nSPS) is 29.6. The Morgan fingerprint density at radius 3 is 2.81 bits per heavy atom. The molecule has 1 aromatic carbocycles. The minimum atomic E-state index is -0.171. The number of benzene rings is 1. The van der Waals surface area contributed by atoms with Gasteiger partial charge in [0.25, 0.3) is 0 Å². The van der Waals surface area contributed by atoms with Gasteiger partial charge in [0.15, 0.2) is 0 Å². The molecule has 0 heterocycles. The monoisotopic (exact) mass is 285 g/mol. The Hall–Kier alpha value is -0.410. The molecule has 16 heavy (non-hydrogen) atoms. The van der Waals surface area contributed by atoms with Crippen LogP contribution >= 0.6 is 15.9 Å². The minimum Gasteiger partial charge on any atom is -0.328 e. The number of hydrogen-bond acceptors (Lipinski definition) is 1. The highest BCUT2D eigenvalue weighted by atomic mass is 79.9. The summed E-state index contributed by atoms with van der Waals surface area (Å²) >= 11 is 3.33. The van der Waals surface area contributed by atoms with Gasteiger partial charge < -0.3 is 5.73 Å². The van der Waals surface area contributed by atoms with E-state index >= 15 is 0 Å². The third-order valence-corrected chi connectivity index (χ3v) is 3.88. The largest absolute Gasteiger partial charge is 0.328 e. The van der Waals surface area contributed by atoms with Crippen LogP contribution in [0, 0.1) is 11.2 Å². The van der Waals surface area contributed by atoms with E-state index < -0.39 is 0 Å². The predicted molar refractivity (Wildman–Crippen MR) is 67.7 cm³/mol. The van der Waals surface area contributed by atoms with Gasteiger partial charge in [0.2, 0.25) is 0 Å². The molecule has 0 aliphatic heterocycles. The first kappa shape index (κ1) is 12.1. The van der Waals surface area contributed by atoms with Crippen LogP contribution in [0.2, 0.25) is 0 Å². The molecule has 0 bridgehead atoms. The summed E-state index contributed by atoms with van der Waals surface area (Å²) in [5.74, 6) is -0.171. The van der Waals surface area contributed by atoms with Crippen molar-refractivity contribution in [2.75, 3.05) is 0 Å². The van der Waals surface area contributed by atoms with Gasteiger partial charge in [0, 0.05) is 10.5 Å². The molecule has 2 N–H and O–H groups in total. The van der Waals surface area contributed by atoms with Crippen LogP contribution in [-0.2, 0) is 6.42 Å². The van der Waals surface area contributed by atoms with Crippen molar-refractivity contribution >= 4 is 15.9 Å². The number of rotatable bonds is 2. The number of nitrogens with two attached hydrogens (primary N) is 1. The van der Waals surface area contributed by atoms with Crippen molar-refractivity contribution in [2.45, 2.75) is 38.6 Å². The molecule has 88 valence electrons. The summed E-state index contributed by atoms with van der Waals surface area (Å²) in [5, 5.41) is 0. The molecule has 0 aromatic heterocycles. The molecule has 2 unspecified atom stereocenters. The van der Waals surface area contributed by atoms with E-state index in [1.54, 1.807) is 6.07 Å². The summed E-state index contributed by atoms with van der Waals surface area (Å²) in [4.78, 5) is 0. The van der Waals surface area contributed by atoms with Crippen molar-refractivity contribution in [3.05, 3.63) is 34.1 Å².